The van der Waals surface area contributed by atoms with Gasteiger partial charge in [-0.15, -0.1) is 0 Å². The molecule has 0 aliphatic heterocycles. The van der Waals surface area contributed by atoms with E-state index >= 15 is 0 Å². The normalized spacial score (nSPS) is 11.8. The number of esters is 1. The third-order valence-corrected chi connectivity index (χ3v) is 3.81. The highest BCUT2D eigenvalue weighted by Crippen LogP contribution is 2.18. The van der Waals surface area contributed by atoms with Crippen LogP contribution in [0, 0.1) is 17.6 Å². The molecule has 0 bridgehead atoms. The number of carbonyl (C=O) groups excluding carboxylic acids is 2. The predicted octanol–water partition coefficient (Wildman–Crippen LogP) is 4.03. The summed E-state index contributed by atoms with van der Waals surface area (Å²) in [6.45, 7) is 5.66. The van der Waals surface area contributed by atoms with Crippen LogP contribution in [0.25, 0.3) is 0 Å². The van der Waals surface area contributed by atoms with Crippen molar-refractivity contribution in [3.8, 4) is 5.75 Å². The Kier molecular flexibility index (Phi) is 7.49. The lowest BCUT2D eigenvalue weighted by atomic mass is 10.1. The summed E-state index contributed by atoms with van der Waals surface area (Å²) in [4.78, 5) is 24.0. The van der Waals surface area contributed by atoms with E-state index in [2.05, 4.69) is 5.32 Å². The topological polar surface area (TPSA) is 64.6 Å². The molecular formula is C21H23F2NO4. The van der Waals surface area contributed by atoms with E-state index in [0.29, 0.717) is 18.3 Å². The van der Waals surface area contributed by atoms with Crippen LogP contribution in [0.1, 0.15) is 42.7 Å². The first-order chi connectivity index (χ1) is 13.3. The lowest BCUT2D eigenvalue weighted by Crippen LogP contribution is -2.31. The van der Waals surface area contributed by atoms with Crippen molar-refractivity contribution >= 4 is 11.9 Å². The van der Waals surface area contributed by atoms with E-state index in [1.165, 1.54) is 6.07 Å². The molecule has 2 aromatic rings. The highest BCUT2D eigenvalue weighted by molar-refractivity contribution is 5.91. The molecule has 150 valence electrons. The van der Waals surface area contributed by atoms with Gasteiger partial charge in [-0.25, -0.2) is 13.6 Å². The van der Waals surface area contributed by atoms with Gasteiger partial charge in [-0.05, 0) is 43.2 Å². The van der Waals surface area contributed by atoms with E-state index in [1.807, 2.05) is 13.8 Å². The number of nitrogens with one attached hydrogen (secondary N) is 1. The van der Waals surface area contributed by atoms with Gasteiger partial charge < -0.3 is 14.8 Å². The molecular weight excluding hydrogens is 368 g/mol. The molecule has 0 radical (unpaired) electrons. The molecule has 5 nitrogen and oxygen atoms in total. The van der Waals surface area contributed by atoms with Gasteiger partial charge in [0.05, 0.1) is 18.2 Å². The highest BCUT2D eigenvalue weighted by Gasteiger charge is 2.16. The quantitative estimate of drug-likeness (QED) is 0.690. The van der Waals surface area contributed by atoms with Crippen molar-refractivity contribution in [3.05, 3.63) is 65.2 Å². The van der Waals surface area contributed by atoms with Gasteiger partial charge in [0.25, 0.3) is 5.91 Å². The lowest BCUT2D eigenvalue weighted by Gasteiger charge is -2.15. The predicted molar refractivity (Wildman–Crippen MR) is 100.0 cm³/mol. The summed E-state index contributed by atoms with van der Waals surface area (Å²) >= 11 is 0. The van der Waals surface area contributed by atoms with Gasteiger partial charge in [-0.2, -0.15) is 0 Å². The van der Waals surface area contributed by atoms with Crippen LogP contribution in [-0.4, -0.2) is 25.1 Å². The maximum absolute atomic E-state index is 13.7. The molecule has 0 heterocycles. The highest BCUT2D eigenvalue weighted by atomic mass is 19.1. The largest absolute Gasteiger partial charge is 0.493 e. The average molecular weight is 391 g/mol. The van der Waals surface area contributed by atoms with Crippen molar-refractivity contribution in [1.82, 2.24) is 5.32 Å². The number of rotatable bonds is 8. The first-order valence-electron chi connectivity index (χ1n) is 8.90. The summed E-state index contributed by atoms with van der Waals surface area (Å²) < 4.78 is 37.2. The van der Waals surface area contributed by atoms with Gasteiger partial charge in [0.15, 0.2) is 6.61 Å². The molecule has 28 heavy (non-hydrogen) atoms. The molecule has 0 aliphatic carbocycles. The standard InChI is InChI=1S/C21H23F2NO4/c1-13(2)11-27-17-7-4-15(5-8-17)21(26)28-12-20(25)24-14(3)18-9-6-16(22)10-19(18)23/h4-10,13-14H,11-12H2,1-3H3,(H,24,25)/t14-/m1/s1. The number of amides is 1. The third-order valence-electron chi connectivity index (χ3n) is 3.81. The number of benzene rings is 2. The van der Waals surface area contributed by atoms with E-state index in [9.17, 15) is 18.4 Å². The van der Waals surface area contributed by atoms with Crippen molar-refractivity contribution < 1.29 is 27.8 Å². The van der Waals surface area contributed by atoms with Crippen LogP contribution in [-0.2, 0) is 9.53 Å². The van der Waals surface area contributed by atoms with Gasteiger partial charge in [0.2, 0.25) is 0 Å². The Morgan fingerprint density at radius 1 is 1.04 bits per heavy atom. The molecule has 0 spiro atoms. The molecule has 1 N–H and O–H groups in total. The maximum Gasteiger partial charge on any atom is 0.338 e. The van der Waals surface area contributed by atoms with E-state index in [4.69, 9.17) is 9.47 Å². The SMILES string of the molecule is CC(C)COc1ccc(C(=O)OCC(=O)N[C@H](C)c2ccc(F)cc2F)cc1. The monoisotopic (exact) mass is 391 g/mol. The molecule has 2 rings (SSSR count). The van der Waals surface area contributed by atoms with Crippen molar-refractivity contribution in [1.29, 1.82) is 0 Å². The summed E-state index contributed by atoms with van der Waals surface area (Å²) in [6.07, 6.45) is 0. The zero-order valence-electron chi connectivity index (χ0n) is 16.0. The first-order valence-corrected chi connectivity index (χ1v) is 8.90. The van der Waals surface area contributed by atoms with Crippen LogP contribution >= 0.6 is 0 Å². The van der Waals surface area contributed by atoms with Crippen LogP contribution in [0.2, 0.25) is 0 Å². The average Bonchev–Trinajstić information content (AvgIpc) is 2.64. The summed E-state index contributed by atoms with van der Waals surface area (Å²) in [5, 5.41) is 2.50. The number of ether oxygens (including phenoxy) is 2. The summed E-state index contributed by atoms with van der Waals surface area (Å²) in [7, 11) is 0. The van der Waals surface area contributed by atoms with Gasteiger partial charge in [-0.1, -0.05) is 19.9 Å². The number of hydrogen-bond donors (Lipinski definition) is 1. The zero-order valence-corrected chi connectivity index (χ0v) is 16.0. The smallest absolute Gasteiger partial charge is 0.338 e. The molecule has 0 fully saturated rings. The maximum atomic E-state index is 13.7. The van der Waals surface area contributed by atoms with E-state index in [1.54, 1.807) is 31.2 Å². The molecule has 1 atom stereocenters. The van der Waals surface area contributed by atoms with Gasteiger partial charge in [0.1, 0.15) is 17.4 Å². The second kappa shape index (κ2) is 9.82. The Hall–Kier alpha value is -2.96. The van der Waals surface area contributed by atoms with Crippen molar-refractivity contribution in [2.75, 3.05) is 13.2 Å². The van der Waals surface area contributed by atoms with E-state index < -0.39 is 36.2 Å². The van der Waals surface area contributed by atoms with E-state index in [-0.39, 0.29) is 11.1 Å². The second-order valence-electron chi connectivity index (χ2n) is 6.76. The van der Waals surface area contributed by atoms with Crippen LogP contribution in [0.5, 0.6) is 5.75 Å². The van der Waals surface area contributed by atoms with Gasteiger partial charge in [0, 0.05) is 11.6 Å². The molecule has 0 aromatic heterocycles. The fourth-order valence-electron chi connectivity index (χ4n) is 2.38. The molecule has 7 heteroatoms. The lowest BCUT2D eigenvalue weighted by molar-refractivity contribution is -0.124. The third kappa shape index (κ3) is 6.33. The van der Waals surface area contributed by atoms with Crippen LogP contribution < -0.4 is 10.1 Å². The number of carbonyl (C=O) groups is 2. The molecule has 0 unspecified atom stereocenters. The molecule has 2 aromatic carbocycles. The molecule has 0 saturated heterocycles. The van der Waals surface area contributed by atoms with Crippen molar-refractivity contribution in [2.45, 2.75) is 26.8 Å². The second-order valence-corrected chi connectivity index (χ2v) is 6.76. The Bertz CT molecular complexity index is 822. The minimum Gasteiger partial charge on any atom is -0.493 e. The minimum atomic E-state index is -0.760. The van der Waals surface area contributed by atoms with Gasteiger partial charge in [-0.3, -0.25) is 4.79 Å². The van der Waals surface area contributed by atoms with Crippen LogP contribution in [0.4, 0.5) is 8.78 Å². The Labute approximate surface area is 162 Å². The van der Waals surface area contributed by atoms with Crippen molar-refractivity contribution in [2.24, 2.45) is 5.92 Å². The zero-order chi connectivity index (χ0) is 20.7. The first kappa shape index (κ1) is 21.3. The Morgan fingerprint density at radius 3 is 2.32 bits per heavy atom. The number of hydrogen-bond acceptors (Lipinski definition) is 4. The fourth-order valence-corrected chi connectivity index (χ4v) is 2.38. The Morgan fingerprint density at radius 2 is 1.71 bits per heavy atom. The van der Waals surface area contributed by atoms with E-state index in [0.717, 1.165) is 12.1 Å². The number of halogens is 2. The van der Waals surface area contributed by atoms with Crippen LogP contribution in [0.3, 0.4) is 0 Å². The fraction of sp³-hybridized carbons (Fsp3) is 0.333. The summed E-state index contributed by atoms with van der Waals surface area (Å²) in [5.41, 5.74) is 0.417. The minimum absolute atomic E-state index is 0.137. The van der Waals surface area contributed by atoms with Crippen molar-refractivity contribution in [3.63, 3.8) is 0 Å². The van der Waals surface area contributed by atoms with Crippen LogP contribution in [0.15, 0.2) is 42.5 Å². The Balaban J connectivity index is 1.83. The summed E-state index contributed by atoms with van der Waals surface area (Å²) in [5.74, 6) is -1.70. The summed E-state index contributed by atoms with van der Waals surface area (Å²) in [6, 6.07) is 8.80. The van der Waals surface area contributed by atoms with Gasteiger partial charge >= 0.3 is 5.97 Å². The molecule has 0 aliphatic rings. The molecule has 0 saturated carbocycles. The molecule has 1 amide bonds.